The quantitative estimate of drug-likeness (QED) is 0.434. The van der Waals surface area contributed by atoms with Crippen LogP contribution in [-0.4, -0.2) is 34.5 Å². The molecule has 0 atom stereocenters. The minimum atomic E-state index is -3.98. The highest BCUT2D eigenvalue weighted by molar-refractivity contribution is 9.10. The molecule has 0 amide bonds. The summed E-state index contributed by atoms with van der Waals surface area (Å²) >= 11 is 3.38. The summed E-state index contributed by atoms with van der Waals surface area (Å²) in [5.74, 6) is -1.10. The van der Waals surface area contributed by atoms with Crippen molar-refractivity contribution in [3.63, 3.8) is 0 Å². The maximum Gasteiger partial charge on any atom is 0.335 e. The van der Waals surface area contributed by atoms with Crippen LogP contribution in [0.3, 0.4) is 0 Å². The number of aromatic nitrogens is 3. The molecule has 0 fully saturated rings. The zero-order valence-electron chi connectivity index (χ0n) is 16.2. The molecule has 0 radical (unpaired) electrons. The van der Waals surface area contributed by atoms with Crippen molar-refractivity contribution >= 4 is 31.7 Å². The second-order valence-electron chi connectivity index (χ2n) is 6.83. The fourth-order valence-electron chi connectivity index (χ4n) is 3.08. The number of carbonyl (C=O) groups is 1. The largest absolute Gasteiger partial charge is 0.478 e. The average molecular weight is 498 g/mol. The highest BCUT2D eigenvalue weighted by Crippen LogP contribution is 2.32. The third-order valence-electron chi connectivity index (χ3n) is 4.68. The zero-order chi connectivity index (χ0) is 22.2. The smallest absolute Gasteiger partial charge is 0.335 e. The van der Waals surface area contributed by atoms with Crippen molar-refractivity contribution in [1.82, 2.24) is 15.0 Å². The molecule has 7 nitrogen and oxygen atoms in total. The fourth-order valence-corrected chi connectivity index (χ4v) is 4.67. The van der Waals surface area contributed by atoms with Crippen LogP contribution >= 0.6 is 15.9 Å². The molecule has 0 aliphatic heterocycles. The van der Waals surface area contributed by atoms with Crippen LogP contribution in [0.2, 0.25) is 0 Å². The molecule has 3 aromatic carbocycles. The van der Waals surface area contributed by atoms with Crippen LogP contribution in [-0.2, 0) is 9.84 Å². The molecule has 0 spiro atoms. The maximum absolute atomic E-state index is 13.4. The number of rotatable bonds is 5. The Labute approximate surface area is 187 Å². The van der Waals surface area contributed by atoms with Crippen LogP contribution in [0, 0.1) is 6.92 Å². The number of carboxylic acids is 1. The standard InChI is InChI=1S/C22H16BrN3O4S/c1-14-5-11-19(12-6-14)31(29,30)21-20(15-7-9-17(23)10-8-15)26(25-24-21)18-4-2-3-16(13-18)22(27)28/h2-13H,1H3,(H,27,28). The topological polar surface area (TPSA) is 102 Å². The Morgan fingerprint density at radius 2 is 1.68 bits per heavy atom. The summed E-state index contributed by atoms with van der Waals surface area (Å²) < 4.78 is 29.0. The predicted octanol–water partition coefficient (Wildman–Crippen LogP) is 4.54. The number of nitrogens with zero attached hydrogens (tertiary/aromatic N) is 3. The third kappa shape index (κ3) is 4.01. The molecule has 9 heteroatoms. The molecule has 0 unspecified atom stereocenters. The van der Waals surface area contributed by atoms with Crippen LogP contribution < -0.4 is 0 Å². The molecule has 0 aliphatic rings. The number of halogens is 1. The summed E-state index contributed by atoms with van der Waals surface area (Å²) in [6, 6.07) is 19.6. The summed E-state index contributed by atoms with van der Waals surface area (Å²) in [6.07, 6.45) is 0. The Balaban J connectivity index is 1.97. The van der Waals surface area contributed by atoms with Crippen molar-refractivity contribution in [1.29, 1.82) is 0 Å². The lowest BCUT2D eigenvalue weighted by Gasteiger charge is -2.10. The number of aryl methyl sites for hydroxylation is 1. The molecule has 1 N–H and O–H groups in total. The third-order valence-corrected chi connectivity index (χ3v) is 6.89. The van der Waals surface area contributed by atoms with Crippen molar-refractivity contribution < 1.29 is 18.3 Å². The van der Waals surface area contributed by atoms with Crippen LogP contribution in [0.1, 0.15) is 15.9 Å². The molecule has 0 saturated carbocycles. The summed E-state index contributed by atoms with van der Waals surface area (Å²) in [4.78, 5) is 11.5. The average Bonchev–Trinajstić information content (AvgIpc) is 3.21. The molecular weight excluding hydrogens is 482 g/mol. The fraction of sp³-hybridized carbons (Fsp3) is 0.0455. The summed E-state index contributed by atoms with van der Waals surface area (Å²) in [7, 11) is -3.98. The van der Waals surface area contributed by atoms with Gasteiger partial charge in [-0.15, -0.1) is 5.10 Å². The minimum absolute atomic E-state index is 0.0534. The summed E-state index contributed by atoms with van der Waals surface area (Å²) in [5, 5.41) is 17.2. The van der Waals surface area contributed by atoms with Gasteiger partial charge in [-0.1, -0.05) is 57.0 Å². The Morgan fingerprint density at radius 3 is 2.32 bits per heavy atom. The SMILES string of the molecule is Cc1ccc(S(=O)(=O)c2nnn(-c3cccc(C(=O)O)c3)c2-c2ccc(Br)cc2)cc1. The zero-order valence-corrected chi connectivity index (χ0v) is 18.6. The number of benzene rings is 3. The van der Waals surface area contributed by atoms with E-state index in [1.165, 1.54) is 28.9 Å². The van der Waals surface area contributed by atoms with Crippen molar-refractivity contribution in [2.45, 2.75) is 16.8 Å². The molecule has 4 rings (SSSR count). The number of hydrogen-bond donors (Lipinski definition) is 1. The van der Waals surface area contributed by atoms with Crippen LogP contribution in [0.5, 0.6) is 0 Å². The first-order valence-corrected chi connectivity index (χ1v) is 11.4. The molecule has 0 saturated heterocycles. The first-order valence-electron chi connectivity index (χ1n) is 9.14. The molecule has 0 aliphatic carbocycles. The first-order chi connectivity index (χ1) is 14.8. The van der Waals surface area contributed by atoms with E-state index in [4.69, 9.17) is 0 Å². The highest BCUT2D eigenvalue weighted by atomic mass is 79.9. The second-order valence-corrected chi connectivity index (χ2v) is 9.61. The number of hydrogen-bond acceptors (Lipinski definition) is 5. The van der Waals surface area contributed by atoms with Gasteiger partial charge in [-0.2, -0.15) is 0 Å². The van der Waals surface area contributed by atoms with Crippen molar-refractivity contribution in [3.05, 3.63) is 88.4 Å². The van der Waals surface area contributed by atoms with Gasteiger partial charge in [0, 0.05) is 10.0 Å². The molecule has 0 bridgehead atoms. The van der Waals surface area contributed by atoms with E-state index in [1.807, 2.05) is 6.92 Å². The Morgan fingerprint density at radius 1 is 1.00 bits per heavy atom. The van der Waals surface area contributed by atoms with Gasteiger partial charge in [0.2, 0.25) is 14.9 Å². The van der Waals surface area contributed by atoms with E-state index >= 15 is 0 Å². The minimum Gasteiger partial charge on any atom is -0.478 e. The van der Waals surface area contributed by atoms with Gasteiger partial charge in [-0.05, 0) is 49.4 Å². The Bertz CT molecular complexity index is 1380. The first kappa shape index (κ1) is 21.0. The van der Waals surface area contributed by atoms with E-state index in [2.05, 4.69) is 26.2 Å². The van der Waals surface area contributed by atoms with E-state index in [9.17, 15) is 18.3 Å². The molecule has 31 heavy (non-hydrogen) atoms. The number of aromatic carboxylic acids is 1. The lowest BCUT2D eigenvalue weighted by atomic mass is 10.1. The van der Waals surface area contributed by atoms with Crippen LogP contribution in [0.15, 0.2) is 87.2 Å². The molecule has 156 valence electrons. The summed E-state index contributed by atoms with van der Waals surface area (Å²) in [5.41, 5.74) is 2.19. The number of carboxylic acid groups (broad SMARTS) is 1. The normalized spacial score (nSPS) is 11.4. The van der Waals surface area contributed by atoms with Gasteiger partial charge in [-0.3, -0.25) is 0 Å². The van der Waals surface area contributed by atoms with Gasteiger partial charge in [0.25, 0.3) is 0 Å². The lowest BCUT2D eigenvalue weighted by Crippen LogP contribution is -2.06. The van der Waals surface area contributed by atoms with Gasteiger partial charge in [-0.25, -0.2) is 17.9 Å². The number of sulfone groups is 1. The van der Waals surface area contributed by atoms with Gasteiger partial charge in [0.05, 0.1) is 16.1 Å². The van der Waals surface area contributed by atoms with E-state index in [-0.39, 0.29) is 21.2 Å². The Hall–Kier alpha value is -3.30. The van der Waals surface area contributed by atoms with E-state index < -0.39 is 15.8 Å². The van der Waals surface area contributed by atoms with Gasteiger partial charge in [0.15, 0.2) is 0 Å². The van der Waals surface area contributed by atoms with E-state index in [0.717, 1.165) is 10.0 Å². The predicted molar refractivity (Wildman–Crippen MR) is 118 cm³/mol. The van der Waals surface area contributed by atoms with Crippen molar-refractivity contribution in [3.8, 4) is 16.9 Å². The second kappa shape index (κ2) is 8.09. The monoisotopic (exact) mass is 497 g/mol. The Kier molecular flexibility index (Phi) is 5.47. The molecule has 4 aromatic rings. The van der Waals surface area contributed by atoms with Gasteiger partial charge >= 0.3 is 5.97 Å². The van der Waals surface area contributed by atoms with Crippen LogP contribution in [0.4, 0.5) is 0 Å². The molecule has 1 heterocycles. The van der Waals surface area contributed by atoms with Crippen molar-refractivity contribution in [2.24, 2.45) is 0 Å². The molecule has 1 aromatic heterocycles. The van der Waals surface area contributed by atoms with E-state index in [1.54, 1.807) is 48.5 Å². The van der Waals surface area contributed by atoms with Gasteiger partial charge < -0.3 is 5.11 Å². The van der Waals surface area contributed by atoms with Crippen LogP contribution in [0.25, 0.3) is 16.9 Å². The van der Waals surface area contributed by atoms with E-state index in [0.29, 0.717) is 11.3 Å². The van der Waals surface area contributed by atoms with Crippen molar-refractivity contribution in [2.75, 3.05) is 0 Å². The molecular formula is C22H16BrN3O4S. The summed E-state index contributed by atoms with van der Waals surface area (Å²) in [6.45, 7) is 1.87. The lowest BCUT2D eigenvalue weighted by molar-refractivity contribution is 0.0697. The van der Waals surface area contributed by atoms with Gasteiger partial charge in [0.1, 0.15) is 5.69 Å². The maximum atomic E-state index is 13.4. The highest BCUT2D eigenvalue weighted by Gasteiger charge is 2.29.